The van der Waals surface area contributed by atoms with Gasteiger partial charge in [-0.25, -0.2) is 32.7 Å². The number of likely N-dealkylation sites (tertiary alicyclic amines) is 1. The van der Waals surface area contributed by atoms with Crippen LogP contribution in [-0.4, -0.2) is 294 Å². The van der Waals surface area contributed by atoms with Crippen LogP contribution in [0.25, 0.3) is 33.5 Å². The van der Waals surface area contributed by atoms with Crippen molar-refractivity contribution in [2.75, 3.05) is 141 Å². The van der Waals surface area contributed by atoms with Gasteiger partial charge in [-0.2, -0.15) is 0 Å². The molecule has 0 bridgehead atoms. The average Bonchev–Trinajstić information content (AvgIpc) is 1.72. The summed E-state index contributed by atoms with van der Waals surface area (Å²) in [5, 5.41) is 41.7. The molecule has 17 N–H and O–H groups in total. The van der Waals surface area contributed by atoms with E-state index < -0.39 is 148 Å². The van der Waals surface area contributed by atoms with Crippen molar-refractivity contribution in [2.24, 2.45) is 46.2 Å². The van der Waals surface area contributed by atoms with Gasteiger partial charge in [0, 0.05) is 131 Å². The number of nitrogens with two attached hydrogens (primary N) is 3. The van der Waals surface area contributed by atoms with Gasteiger partial charge in [-0.15, -0.1) is 0 Å². The molecule has 2 aliphatic heterocycles. The predicted molar refractivity (Wildman–Crippen MR) is 531 cm³/mol. The van der Waals surface area contributed by atoms with Crippen LogP contribution in [0.3, 0.4) is 0 Å². The zero-order valence-electron chi connectivity index (χ0n) is 83.1. The third-order valence-electron chi connectivity index (χ3n) is 24.9. The lowest BCUT2D eigenvalue weighted by atomic mass is 9.89. The fraction of sp³-hybridized carbons (Fsp3) is 0.582. The molecule has 0 spiro atoms. The number of carbonyl (C=O) groups excluding carboxylic acids is 11. The highest BCUT2D eigenvalue weighted by Gasteiger charge is 2.43. The van der Waals surface area contributed by atoms with Crippen LogP contribution in [0.5, 0.6) is 0 Å². The molecule has 2 fully saturated rings. The highest BCUT2D eigenvalue weighted by atomic mass is 35.5. The maximum atomic E-state index is 15.0. The lowest BCUT2D eigenvalue weighted by Crippen LogP contribution is -2.60. The van der Waals surface area contributed by atoms with Crippen molar-refractivity contribution in [1.29, 1.82) is 0 Å². The Hall–Kier alpha value is -11.1. The Labute approximate surface area is 824 Å². The first-order valence-corrected chi connectivity index (χ1v) is 50.1. The van der Waals surface area contributed by atoms with Crippen LogP contribution in [0.2, 0.25) is 5.02 Å². The molecule has 2 aromatic heterocycles. The summed E-state index contributed by atoms with van der Waals surface area (Å²) in [6.07, 6.45) is 2.65. The molecular formula is C98H145ClFN19O20S. The van der Waals surface area contributed by atoms with Gasteiger partial charge in [-0.1, -0.05) is 123 Å². The number of benzene rings is 4. The Bertz CT molecular complexity index is 5230. The number of nitrogens with one attached hydrogen (secondary N) is 10. The summed E-state index contributed by atoms with van der Waals surface area (Å²) < 4.78 is 74.0. The van der Waals surface area contributed by atoms with E-state index in [-0.39, 0.29) is 150 Å². The number of piperidine rings is 1. The minimum Gasteiger partial charge on any atom is -0.445 e. The van der Waals surface area contributed by atoms with E-state index >= 15 is 4.39 Å². The number of primary sulfonamides is 1. The molecule has 140 heavy (non-hydrogen) atoms. The lowest BCUT2D eigenvalue weighted by molar-refractivity contribution is -0.146. The molecule has 4 heterocycles. The van der Waals surface area contributed by atoms with Gasteiger partial charge >= 0.3 is 6.09 Å². The van der Waals surface area contributed by atoms with Crippen LogP contribution in [0.4, 0.5) is 26.4 Å². The number of carbonyl (C=O) groups is 11. The molecule has 39 nitrogen and oxygen atoms in total. The van der Waals surface area contributed by atoms with Crippen LogP contribution in [0.15, 0.2) is 91.1 Å². The number of hydrogen-bond acceptors (Lipinski definition) is 26. The number of sulfonamides is 1. The number of H-pyrrole nitrogens is 1. The molecule has 0 unspecified atom stereocenters. The first kappa shape index (κ1) is 114. The number of halogens is 2. The molecule has 8 rings (SSSR count). The van der Waals surface area contributed by atoms with E-state index in [0.717, 1.165) is 46.5 Å². The van der Waals surface area contributed by atoms with Gasteiger partial charge < -0.3 is 113 Å². The third-order valence-corrected chi connectivity index (χ3v) is 25.9. The normalized spacial score (nSPS) is 15.9. The second kappa shape index (κ2) is 55.9. The smallest absolute Gasteiger partial charge is 0.410 e. The lowest BCUT2D eigenvalue weighted by Gasteiger charge is -2.40. The minimum atomic E-state index is -4.42. The predicted octanol–water partition coefficient (Wildman–Crippen LogP) is 6.71. The molecule has 42 heteroatoms. The van der Waals surface area contributed by atoms with Crippen LogP contribution in [0.1, 0.15) is 167 Å². The number of nitrogens with zero attached hydrogens (tertiary/aromatic N) is 6. The number of aliphatic hydroxyl groups excluding tert-OH is 1. The second-order valence-electron chi connectivity index (χ2n) is 36.9. The Kier molecular flexibility index (Phi) is 45.6. The van der Waals surface area contributed by atoms with Gasteiger partial charge in [0.15, 0.2) is 0 Å². The van der Waals surface area contributed by atoms with E-state index in [4.69, 9.17) is 66.6 Å². The third kappa shape index (κ3) is 34.4. The molecule has 11 amide bonds. The number of ether oxygens (including phenoxy) is 6. The Morgan fingerprint density at radius 3 is 1.95 bits per heavy atom. The fourth-order valence-electron chi connectivity index (χ4n) is 17.0. The summed E-state index contributed by atoms with van der Waals surface area (Å²) in [6, 6.07) is 15.2. The average molecular weight is 2000 g/mol. The van der Waals surface area contributed by atoms with Crippen molar-refractivity contribution >= 4 is 115 Å². The van der Waals surface area contributed by atoms with Crippen LogP contribution >= 0.6 is 11.6 Å². The highest BCUT2D eigenvalue weighted by Crippen LogP contribution is 2.44. The van der Waals surface area contributed by atoms with E-state index in [1.54, 1.807) is 97.8 Å². The molecule has 0 aliphatic carbocycles. The fourth-order valence-corrected chi connectivity index (χ4v) is 17.9. The maximum absolute atomic E-state index is 15.0. The number of hydrogen-bond donors (Lipinski definition) is 14. The molecule has 0 radical (unpaired) electrons. The van der Waals surface area contributed by atoms with Crippen LogP contribution in [0, 0.1) is 42.3 Å². The number of amides is 11. The van der Waals surface area contributed by atoms with E-state index in [2.05, 4.69) is 57.7 Å². The first-order valence-electron chi connectivity index (χ1n) is 48.0. The standard InChI is InChI=1S/C98H145ClFN19O20S/c1-16-61(9)86(78(134-15)53-81(122)119-36-20-23-72(119)49-62(10)91(124)108-63(11)88(123)65-21-18-17-19-22-65)116(13)97(130)84(58(4)5)115-96(129)85(59(6)7)117(14)98(131)139-55-66-24-26-71(52-73(66)93(126)106-33-32-101)110-92(125)64(12)109-95(128)83(57(2)3)114-94(127)77(56-140(103,132)133)111-80(121)31-40-136-42-44-138-46-45-137-43-41-135-39-30-79(120)104-34-35-105-89-82(90-112-75-27-25-68(99)51-76(75)113-90)87(118-37-28-70(102)29-38-118)74(54-107-89)67-47-60(8)48-69(100)50-67/h17-19,21-22,24-27,47-48,50-52,54,57-59,61-64,70,72,77-78,83-86,88,123H,16,20,23,28-46,49,53,55-56,101-102H2,1-15H3,(H,104,120)(H,105,107)(H,106,126)(H,108,124)(H,109,128)(H,110,125)(H,111,121)(H,112,113)(H,114,127)(H,115,129)(H2,103,132,133)/t61-,62+,63+,64-,72-,77-,78+,83-,84-,85-,86-,88+/m0/s1. The molecule has 0 saturated carbocycles. The van der Waals surface area contributed by atoms with Crippen molar-refractivity contribution < 1.29 is 99.1 Å². The van der Waals surface area contributed by atoms with Gasteiger partial charge in [0.1, 0.15) is 54.3 Å². The summed E-state index contributed by atoms with van der Waals surface area (Å²) in [7, 11) is 0.0386. The Morgan fingerprint density at radius 2 is 1.34 bits per heavy atom. The van der Waals surface area contributed by atoms with E-state index in [1.807, 2.05) is 51.1 Å². The second-order valence-corrected chi connectivity index (χ2v) is 39.0. The summed E-state index contributed by atoms with van der Waals surface area (Å²) in [4.78, 5) is 173. The van der Waals surface area contributed by atoms with E-state index in [1.165, 1.54) is 56.3 Å². The van der Waals surface area contributed by atoms with Gasteiger partial charge in [0.05, 0.1) is 112 Å². The summed E-state index contributed by atoms with van der Waals surface area (Å²) in [5.74, 6) is -8.79. The number of aromatic nitrogens is 3. The zero-order valence-corrected chi connectivity index (χ0v) is 84.6. The Morgan fingerprint density at radius 1 is 0.693 bits per heavy atom. The summed E-state index contributed by atoms with van der Waals surface area (Å²) >= 11 is 6.38. The van der Waals surface area contributed by atoms with E-state index in [9.17, 15) is 66.3 Å². The molecule has 2 aliphatic rings. The molecule has 4 aromatic carbocycles. The minimum absolute atomic E-state index is 0.0240. The van der Waals surface area contributed by atoms with Crippen molar-refractivity contribution in [2.45, 2.75) is 214 Å². The van der Waals surface area contributed by atoms with Gasteiger partial charge in [0.2, 0.25) is 63.2 Å². The van der Waals surface area contributed by atoms with Crippen LogP contribution < -0.4 is 69.4 Å². The van der Waals surface area contributed by atoms with Crippen molar-refractivity contribution in [1.82, 2.24) is 66.9 Å². The molecule has 2 saturated heterocycles. The van der Waals surface area contributed by atoms with Crippen molar-refractivity contribution in [3.05, 3.63) is 124 Å². The molecule has 6 aromatic rings. The maximum Gasteiger partial charge on any atom is 0.410 e. The topological polar surface area (TPSA) is 538 Å². The van der Waals surface area contributed by atoms with Gasteiger partial charge in [0.25, 0.3) is 5.91 Å². The van der Waals surface area contributed by atoms with E-state index in [0.29, 0.717) is 84.3 Å². The first-order chi connectivity index (χ1) is 66.5. The number of anilines is 3. The number of fused-ring (bicyclic) bond motifs is 1. The summed E-state index contributed by atoms with van der Waals surface area (Å²) in [5.41, 5.74) is 18.0. The van der Waals surface area contributed by atoms with Crippen molar-refractivity contribution in [3.63, 3.8) is 0 Å². The number of imidazole rings is 1. The quantitative estimate of drug-likeness (QED) is 0.0176. The number of aliphatic hydroxyl groups is 1. The zero-order chi connectivity index (χ0) is 103. The number of aryl methyl sites for hydroxylation is 1. The van der Waals surface area contributed by atoms with Gasteiger partial charge in [-0.3, -0.25) is 52.8 Å². The number of rotatable bonds is 56. The number of aromatic amines is 1. The monoisotopic (exact) mass is 1990 g/mol. The highest BCUT2D eigenvalue weighted by molar-refractivity contribution is 7.89. The Balaban J connectivity index is 0.742. The number of pyridine rings is 1. The SMILES string of the molecule is CC[C@H](C)[C@@H]([C@@H](CC(=O)N1CCC[C@H]1C[C@@H](C)C(=O)N[C@H](C)[C@@H](O)c1ccccc1)OC)N(C)C(=O)[C@@H](NC(=O)[C@H](C(C)C)N(C)C(=O)OCc1ccc(NC(=O)[C@H](C)NC(=O)[C@@H](NC(=O)[C@H](CS(N)(=O)=O)NC(=O)CCOCCOCCOCCOCCC(=O)NCCNc2ncc(-c3cc(C)cc(F)c3)c(N3CCC(N)CC3)c2-c2nc3ccc(Cl)cc3[nH]2)C(C)C)cc1C(=O)NCCN)C(C)C. The van der Waals surface area contributed by atoms with Crippen molar-refractivity contribution in [3.8, 4) is 22.5 Å². The molecular weight excluding hydrogens is 1850 g/mol. The van der Waals surface area contributed by atoms with Gasteiger partial charge in [-0.05, 0) is 136 Å². The largest absolute Gasteiger partial charge is 0.445 e. The number of methoxy groups -OCH3 is 1. The number of likely N-dealkylation sites (N-methyl/N-ethyl adjacent to an activating group) is 2. The summed E-state index contributed by atoms with van der Waals surface area (Å²) in [6.45, 7) is 23.6. The molecule has 12 atom stereocenters. The van der Waals surface area contributed by atoms with Crippen LogP contribution in [-0.2, 0) is 88.2 Å². The molecule has 772 valence electrons.